The first kappa shape index (κ1) is 21.3. The Morgan fingerprint density at radius 3 is 2.63 bits per heavy atom. The summed E-state index contributed by atoms with van der Waals surface area (Å²) in [6.07, 6.45) is 2.29. The van der Waals surface area contributed by atoms with Crippen LogP contribution in [0, 0.1) is 0 Å². The molecule has 30 heavy (non-hydrogen) atoms. The van der Waals surface area contributed by atoms with Crippen LogP contribution in [0.3, 0.4) is 0 Å². The normalized spacial score (nSPS) is 17.7. The van der Waals surface area contributed by atoms with E-state index >= 15 is 0 Å². The number of para-hydroxylation sites is 1. The van der Waals surface area contributed by atoms with E-state index in [1.807, 2.05) is 30.3 Å². The lowest BCUT2D eigenvalue weighted by Crippen LogP contribution is -2.46. The number of fused-ring (bicyclic) bond motifs is 1. The molecule has 0 saturated carbocycles. The van der Waals surface area contributed by atoms with Crippen molar-refractivity contribution in [3.8, 4) is 5.75 Å². The lowest BCUT2D eigenvalue weighted by atomic mass is 9.84. The molecule has 7 heteroatoms. The Hall–Kier alpha value is -1.89. The van der Waals surface area contributed by atoms with Gasteiger partial charge in [-0.3, -0.25) is 4.98 Å². The van der Waals surface area contributed by atoms with Gasteiger partial charge in [-0.2, -0.15) is 0 Å². The van der Waals surface area contributed by atoms with Gasteiger partial charge in [-0.15, -0.1) is 0 Å². The molecule has 0 aliphatic carbocycles. The van der Waals surface area contributed by atoms with E-state index in [0.29, 0.717) is 48.3 Å². The Morgan fingerprint density at radius 1 is 1.10 bits per heavy atom. The van der Waals surface area contributed by atoms with Crippen molar-refractivity contribution in [1.29, 1.82) is 0 Å². The number of rotatable bonds is 6. The summed E-state index contributed by atoms with van der Waals surface area (Å²) in [6, 6.07) is 14.9. The van der Waals surface area contributed by atoms with Crippen molar-refractivity contribution in [2.75, 3.05) is 26.2 Å². The summed E-state index contributed by atoms with van der Waals surface area (Å²) >= 11 is 12.0. The van der Waals surface area contributed by atoms with Crippen molar-refractivity contribution in [2.24, 2.45) is 0 Å². The van der Waals surface area contributed by atoms with Gasteiger partial charge in [-0.05, 0) is 43.2 Å². The molecule has 4 rings (SSSR count). The van der Waals surface area contributed by atoms with Crippen LogP contribution in [0.4, 0.5) is 0 Å². The molecule has 1 aliphatic heterocycles. The number of halogens is 2. The Morgan fingerprint density at radius 2 is 1.87 bits per heavy atom. The molecule has 2 aromatic carbocycles. The molecule has 1 aromatic heterocycles. The molecule has 1 aliphatic rings. The molecule has 158 valence electrons. The van der Waals surface area contributed by atoms with Gasteiger partial charge in [-0.25, -0.2) is 0 Å². The molecule has 1 fully saturated rings. The van der Waals surface area contributed by atoms with Crippen molar-refractivity contribution >= 4 is 34.1 Å². The predicted molar refractivity (Wildman–Crippen MR) is 119 cm³/mol. The molecule has 0 radical (unpaired) electrons. The van der Waals surface area contributed by atoms with Crippen molar-refractivity contribution in [3.05, 3.63) is 70.3 Å². The van der Waals surface area contributed by atoms with Crippen LogP contribution in [0.15, 0.2) is 54.7 Å². The first-order valence-electron chi connectivity index (χ1n) is 9.99. The largest absolute Gasteiger partial charge is 0.489 e. The van der Waals surface area contributed by atoms with Crippen LogP contribution in [-0.2, 0) is 5.60 Å². The summed E-state index contributed by atoms with van der Waals surface area (Å²) in [5.74, 6) is 0.497. The fraction of sp³-hybridized carbons (Fsp3) is 0.348. The molecule has 1 atom stereocenters. The van der Waals surface area contributed by atoms with Crippen LogP contribution in [-0.4, -0.2) is 52.4 Å². The van der Waals surface area contributed by atoms with E-state index in [2.05, 4.69) is 9.88 Å². The molecule has 2 heterocycles. The van der Waals surface area contributed by atoms with Gasteiger partial charge in [0.05, 0.1) is 16.1 Å². The fourth-order valence-corrected chi connectivity index (χ4v) is 4.31. The van der Waals surface area contributed by atoms with E-state index in [0.717, 1.165) is 16.5 Å². The van der Waals surface area contributed by atoms with Gasteiger partial charge in [0.1, 0.15) is 18.5 Å². The summed E-state index contributed by atoms with van der Waals surface area (Å²) in [7, 11) is 0. The van der Waals surface area contributed by atoms with Crippen molar-refractivity contribution in [3.63, 3.8) is 0 Å². The maximum atomic E-state index is 11.2. The van der Waals surface area contributed by atoms with Crippen molar-refractivity contribution in [2.45, 2.75) is 24.5 Å². The number of hydrogen-bond acceptors (Lipinski definition) is 5. The number of nitrogens with zero attached hydrogens (tertiary/aromatic N) is 2. The van der Waals surface area contributed by atoms with Crippen LogP contribution in [0.1, 0.15) is 18.4 Å². The molecular formula is C23H24Cl2N2O3. The number of likely N-dealkylation sites (tertiary alicyclic amines) is 1. The van der Waals surface area contributed by atoms with Crippen LogP contribution >= 0.6 is 23.2 Å². The Balaban J connectivity index is 1.31. The number of pyridine rings is 1. The third-order valence-electron chi connectivity index (χ3n) is 5.61. The molecule has 0 bridgehead atoms. The zero-order chi connectivity index (χ0) is 21.1. The lowest BCUT2D eigenvalue weighted by Gasteiger charge is -2.39. The average molecular weight is 447 g/mol. The average Bonchev–Trinajstić information content (AvgIpc) is 2.74. The number of aliphatic hydroxyl groups is 2. The molecule has 5 nitrogen and oxygen atoms in total. The SMILES string of the molecule is O[C@H](COc1ccc(Cl)cc1Cl)CN1CCC(O)(c2cnc3ccccc3c2)CC1. The molecule has 0 amide bonds. The van der Waals surface area contributed by atoms with E-state index < -0.39 is 11.7 Å². The van der Waals surface area contributed by atoms with Crippen molar-refractivity contribution in [1.82, 2.24) is 9.88 Å². The number of hydrogen-bond donors (Lipinski definition) is 2. The van der Waals surface area contributed by atoms with Gasteiger partial charge in [0.15, 0.2) is 0 Å². The molecule has 3 aromatic rings. The van der Waals surface area contributed by atoms with Gasteiger partial charge in [0.2, 0.25) is 0 Å². The summed E-state index contributed by atoms with van der Waals surface area (Å²) in [5, 5.41) is 23.5. The van der Waals surface area contributed by atoms with E-state index in [4.69, 9.17) is 27.9 Å². The van der Waals surface area contributed by atoms with Gasteiger partial charge < -0.3 is 19.8 Å². The maximum absolute atomic E-state index is 11.2. The predicted octanol–water partition coefficient (Wildman–Crippen LogP) is 4.26. The van der Waals surface area contributed by atoms with Crippen molar-refractivity contribution < 1.29 is 14.9 Å². The topological polar surface area (TPSA) is 65.8 Å². The van der Waals surface area contributed by atoms with E-state index in [-0.39, 0.29) is 6.61 Å². The standard InChI is InChI=1S/C23H24Cl2N2O3/c24-18-5-6-22(20(25)12-18)30-15-19(28)14-27-9-7-23(29,8-10-27)17-11-16-3-1-2-4-21(16)26-13-17/h1-6,11-13,19,28-29H,7-10,14-15H2/t19-/m0/s1. The van der Waals surface area contributed by atoms with E-state index in [9.17, 15) is 10.2 Å². The number of β-amino-alcohol motifs (C(OH)–C–C–N with tert-alkyl or cyclic N) is 1. The first-order chi connectivity index (χ1) is 14.4. The highest BCUT2D eigenvalue weighted by atomic mass is 35.5. The zero-order valence-electron chi connectivity index (χ0n) is 16.5. The summed E-state index contributed by atoms with van der Waals surface area (Å²) < 4.78 is 5.62. The second-order valence-electron chi connectivity index (χ2n) is 7.79. The maximum Gasteiger partial charge on any atom is 0.138 e. The summed E-state index contributed by atoms with van der Waals surface area (Å²) in [6.45, 7) is 1.97. The first-order valence-corrected chi connectivity index (χ1v) is 10.7. The minimum absolute atomic E-state index is 0.136. The minimum Gasteiger partial charge on any atom is -0.489 e. The van der Waals surface area contributed by atoms with Gasteiger partial charge in [0.25, 0.3) is 0 Å². The Kier molecular flexibility index (Phi) is 6.46. The summed E-state index contributed by atoms with van der Waals surface area (Å²) in [4.78, 5) is 6.62. The third kappa shape index (κ3) is 4.88. The second-order valence-corrected chi connectivity index (χ2v) is 8.63. The van der Waals surface area contributed by atoms with E-state index in [1.165, 1.54) is 0 Å². The molecule has 0 spiro atoms. The van der Waals surface area contributed by atoms with E-state index in [1.54, 1.807) is 24.4 Å². The number of aliphatic hydroxyl groups excluding tert-OH is 1. The number of aromatic nitrogens is 1. The van der Waals surface area contributed by atoms with Crippen LogP contribution in [0.25, 0.3) is 10.9 Å². The summed E-state index contributed by atoms with van der Waals surface area (Å²) in [5.41, 5.74) is 0.875. The van der Waals surface area contributed by atoms with Gasteiger partial charge in [-0.1, -0.05) is 41.4 Å². The Labute approximate surface area is 185 Å². The zero-order valence-corrected chi connectivity index (χ0v) is 18.0. The highest BCUT2D eigenvalue weighted by Crippen LogP contribution is 2.34. The quantitative estimate of drug-likeness (QED) is 0.591. The van der Waals surface area contributed by atoms with Crippen LogP contribution in [0.2, 0.25) is 10.0 Å². The number of benzene rings is 2. The second kappa shape index (κ2) is 9.08. The highest BCUT2D eigenvalue weighted by molar-refractivity contribution is 6.35. The van der Waals surface area contributed by atoms with Gasteiger partial charge in [0, 0.05) is 41.8 Å². The lowest BCUT2D eigenvalue weighted by molar-refractivity contribution is -0.0373. The van der Waals surface area contributed by atoms with Crippen LogP contribution in [0.5, 0.6) is 5.75 Å². The molecule has 2 N–H and O–H groups in total. The highest BCUT2D eigenvalue weighted by Gasteiger charge is 2.34. The smallest absolute Gasteiger partial charge is 0.138 e. The fourth-order valence-electron chi connectivity index (χ4n) is 3.85. The monoisotopic (exact) mass is 446 g/mol. The van der Waals surface area contributed by atoms with Gasteiger partial charge >= 0.3 is 0 Å². The number of piperidine rings is 1. The third-order valence-corrected chi connectivity index (χ3v) is 6.14. The molecule has 0 unspecified atom stereocenters. The molecule has 1 saturated heterocycles. The molecular weight excluding hydrogens is 423 g/mol. The minimum atomic E-state index is -0.897. The Bertz CT molecular complexity index is 1020. The van der Waals surface area contributed by atoms with Crippen LogP contribution < -0.4 is 4.74 Å². The number of ether oxygens (including phenoxy) is 1.